The summed E-state index contributed by atoms with van der Waals surface area (Å²) in [5.74, 6) is 0. The van der Waals surface area contributed by atoms with Crippen LogP contribution < -0.4 is 0 Å². The molecule has 4 radical (unpaired) electrons. The molecule has 1 aromatic heterocycles. The molecular weight excluding hydrogens is 158 g/mol. The Kier molecular flexibility index (Phi) is 2.01. The molecule has 0 amide bonds. The Bertz CT molecular complexity index is 432. The smallest absolute Gasteiger partial charge is 0.0704 e. The van der Waals surface area contributed by atoms with Crippen molar-refractivity contribution in [3.63, 3.8) is 0 Å². The van der Waals surface area contributed by atoms with Crippen molar-refractivity contribution in [3.05, 3.63) is 55.4 Å². The average Bonchev–Trinajstić information content (AvgIpc) is 2.17. The third-order valence-electron chi connectivity index (χ3n) is 2.08. The van der Waals surface area contributed by atoms with Crippen molar-refractivity contribution in [3.8, 4) is 0 Å². The number of nitrogens with zero attached hydrogens (tertiary/aromatic N) is 1. The zero-order valence-electron chi connectivity index (χ0n) is 7.20. The number of aromatic nitrogens is 1. The van der Waals surface area contributed by atoms with E-state index in [1.54, 1.807) is 6.20 Å². The number of hydrogen-bond acceptors (Lipinski definition) is 1. The molecule has 13 heavy (non-hydrogen) atoms. The van der Waals surface area contributed by atoms with Crippen molar-refractivity contribution in [2.24, 2.45) is 0 Å². The van der Waals surface area contributed by atoms with Crippen LogP contribution in [0.15, 0.2) is 30.5 Å². The average molecular weight is 167 g/mol. The van der Waals surface area contributed by atoms with E-state index in [2.05, 4.69) is 4.98 Å². The standard InChI is InChI=1S/C12H9N/c1-3-10-6-7-13-12-5-4-9(2)8-11(10)12/h1-2,4-8H,3H2. The highest BCUT2D eigenvalue weighted by molar-refractivity contribution is 5.82. The quantitative estimate of drug-likeness (QED) is 0.636. The molecule has 0 saturated carbocycles. The Morgan fingerprint density at radius 2 is 2.08 bits per heavy atom. The SMILES string of the molecule is [CH]Cc1ccnc2ccc([CH])cc12. The second kappa shape index (κ2) is 3.17. The molecule has 1 nitrogen and oxygen atoms in total. The fraction of sp³-hybridized carbons (Fsp3) is 0.0833. The summed E-state index contributed by atoms with van der Waals surface area (Å²) in [7, 11) is 0. The van der Waals surface area contributed by atoms with Gasteiger partial charge in [-0.2, -0.15) is 0 Å². The van der Waals surface area contributed by atoms with Crippen molar-refractivity contribution in [1.82, 2.24) is 4.98 Å². The normalized spacial score (nSPS) is 10.6. The van der Waals surface area contributed by atoms with Gasteiger partial charge in [0.05, 0.1) is 5.52 Å². The summed E-state index contributed by atoms with van der Waals surface area (Å²) < 4.78 is 0. The maximum Gasteiger partial charge on any atom is 0.0704 e. The molecule has 0 aliphatic carbocycles. The van der Waals surface area contributed by atoms with Gasteiger partial charge in [0, 0.05) is 11.6 Å². The van der Waals surface area contributed by atoms with Crippen LogP contribution in [-0.4, -0.2) is 4.98 Å². The maximum absolute atomic E-state index is 5.68. The number of pyridine rings is 1. The molecule has 0 unspecified atom stereocenters. The van der Waals surface area contributed by atoms with Gasteiger partial charge >= 0.3 is 0 Å². The first-order valence-corrected chi connectivity index (χ1v) is 4.14. The molecule has 0 atom stereocenters. The van der Waals surface area contributed by atoms with Crippen LogP contribution in [0.2, 0.25) is 0 Å². The second-order valence-corrected chi connectivity index (χ2v) is 2.95. The van der Waals surface area contributed by atoms with Gasteiger partial charge in [0.15, 0.2) is 0 Å². The van der Waals surface area contributed by atoms with Gasteiger partial charge in [-0.25, -0.2) is 0 Å². The molecule has 2 rings (SSSR count). The molecule has 0 spiro atoms. The summed E-state index contributed by atoms with van der Waals surface area (Å²) in [6.07, 6.45) is 2.28. The van der Waals surface area contributed by atoms with Gasteiger partial charge in [-0.05, 0) is 49.6 Å². The highest BCUT2D eigenvalue weighted by atomic mass is 14.6. The lowest BCUT2D eigenvalue weighted by Crippen LogP contribution is -1.86. The monoisotopic (exact) mass is 167 g/mol. The number of hydrogen-bond donors (Lipinski definition) is 0. The van der Waals surface area contributed by atoms with E-state index in [1.807, 2.05) is 24.3 Å². The first-order valence-electron chi connectivity index (χ1n) is 4.14. The van der Waals surface area contributed by atoms with Crippen molar-refractivity contribution < 1.29 is 0 Å². The van der Waals surface area contributed by atoms with Crippen molar-refractivity contribution in [2.45, 2.75) is 6.42 Å². The van der Waals surface area contributed by atoms with Gasteiger partial charge < -0.3 is 0 Å². The molecule has 1 heteroatoms. The van der Waals surface area contributed by atoms with Crippen molar-refractivity contribution >= 4 is 10.9 Å². The Morgan fingerprint density at radius 1 is 1.23 bits per heavy atom. The van der Waals surface area contributed by atoms with E-state index in [4.69, 9.17) is 13.8 Å². The van der Waals surface area contributed by atoms with E-state index in [0.717, 1.165) is 22.0 Å². The van der Waals surface area contributed by atoms with Gasteiger partial charge in [0.25, 0.3) is 0 Å². The summed E-state index contributed by atoms with van der Waals surface area (Å²) in [5.41, 5.74) is 2.77. The lowest BCUT2D eigenvalue weighted by molar-refractivity contribution is 1.26. The van der Waals surface area contributed by atoms with Crippen LogP contribution in [0.1, 0.15) is 11.1 Å². The predicted octanol–water partition coefficient (Wildman–Crippen LogP) is 2.55. The first kappa shape index (κ1) is 8.24. The minimum Gasteiger partial charge on any atom is -0.256 e. The van der Waals surface area contributed by atoms with E-state index in [-0.39, 0.29) is 0 Å². The van der Waals surface area contributed by atoms with E-state index in [0.29, 0.717) is 6.42 Å². The van der Waals surface area contributed by atoms with Gasteiger partial charge in [0.1, 0.15) is 0 Å². The Morgan fingerprint density at radius 3 is 2.85 bits per heavy atom. The van der Waals surface area contributed by atoms with Gasteiger partial charge in [-0.1, -0.05) is 6.07 Å². The molecule has 0 bridgehead atoms. The fourth-order valence-electron chi connectivity index (χ4n) is 1.40. The molecule has 0 saturated heterocycles. The van der Waals surface area contributed by atoms with Crippen molar-refractivity contribution in [2.75, 3.05) is 0 Å². The summed E-state index contributed by atoms with van der Waals surface area (Å²) >= 11 is 0. The summed E-state index contributed by atoms with van der Waals surface area (Å²) in [6, 6.07) is 7.58. The number of fused-ring (bicyclic) bond motifs is 1. The fourth-order valence-corrected chi connectivity index (χ4v) is 1.40. The third-order valence-corrected chi connectivity index (χ3v) is 2.08. The van der Waals surface area contributed by atoms with Gasteiger partial charge in [-0.15, -0.1) is 0 Å². The molecular formula is C12H9N. The van der Waals surface area contributed by atoms with E-state index in [1.165, 1.54) is 0 Å². The minimum absolute atomic E-state index is 0.516. The largest absolute Gasteiger partial charge is 0.256 e. The van der Waals surface area contributed by atoms with E-state index < -0.39 is 0 Å². The minimum atomic E-state index is 0.516. The zero-order valence-corrected chi connectivity index (χ0v) is 7.20. The van der Waals surface area contributed by atoms with Crippen LogP contribution in [0.3, 0.4) is 0 Å². The molecule has 1 heterocycles. The van der Waals surface area contributed by atoms with Crippen LogP contribution in [-0.2, 0) is 6.42 Å². The topological polar surface area (TPSA) is 12.9 Å². The number of benzene rings is 1. The van der Waals surface area contributed by atoms with Crippen molar-refractivity contribution in [1.29, 1.82) is 0 Å². The number of rotatable bonds is 1. The summed E-state index contributed by atoms with van der Waals surface area (Å²) in [4.78, 5) is 4.22. The molecule has 1 aromatic carbocycles. The molecule has 0 aliphatic heterocycles. The highest BCUT2D eigenvalue weighted by Gasteiger charge is 1.99. The van der Waals surface area contributed by atoms with E-state index >= 15 is 0 Å². The summed E-state index contributed by atoms with van der Waals surface area (Å²) in [6.45, 7) is 11.3. The van der Waals surface area contributed by atoms with Gasteiger partial charge in [-0.3, -0.25) is 4.98 Å². The Balaban J connectivity index is 2.79. The molecule has 0 N–H and O–H groups in total. The van der Waals surface area contributed by atoms with Gasteiger partial charge in [0.2, 0.25) is 0 Å². The maximum atomic E-state index is 5.68. The lowest BCUT2D eigenvalue weighted by Gasteiger charge is -2.03. The third kappa shape index (κ3) is 1.42. The molecule has 62 valence electrons. The Labute approximate surface area is 78.4 Å². The lowest BCUT2D eigenvalue weighted by atomic mass is 10.1. The zero-order chi connectivity index (χ0) is 9.26. The molecule has 0 fully saturated rings. The van der Waals surface area contributed by atoms with Crippen LogP contribution in [0, 0.1) is 13.8 Å². The predicted molar refractivity (Wildman–Crippen MR) is 53.1 cm³/mol. The molecule has 0 aliphatic rings. The van der Waals surface area contributed by atoms with Crippen LogP contribution >= 0.6 is 0 Å². The molecule has 2 aromatic rings. The Hall–Kier alpha value is -1.37. The van der Waals surface area contributed by atoms with Crippen LogP contribution in [0.5, 0.6) is 0 Å². The second-order valence-electron chi connectivity index (χ2n) is 2.95. The highest BCUT2D eigenvalue weighted by Crippen LogP contribution is 2.18. The first-order chi connectivity index (χ1) is 6.31. The van der Waals surface area contributed by atoms with Crippen LogP contribution in [0.4, 0.5) is 0 Å². The summed E-state index contributed by atoms with van der Waals surface area (Å²) in [5, 5.41) is 1.05. The van der Waals surface area contributed by atoms with E-state index in [9.17, 15) is 0 Å². The van der Waals surface area contributed by atoms with Crippen LogP contribution in [0.25, 0.3) is 10.9 Å².